The number of anilines is 2. The van der Waals surface area contributed by atoms with E-state index in [2.05, 4.69) is 10.3 Å². The Morgan fingerprint density at radius 3 is 2.68 bits per heavy atom. The number of rotatable bonds is 4. The van der Waals surface area contributed by atoms with Crippen molar-refractivity contribution in [1.29, 1.82) is 0 Å². The summed E-state index contributed by atoms with van der Waals surface area (Å²) in [4.78, 5) is 15.9. The van der Waals surface area contributed by atoms with Gasteiger partial charge in [-0.1, -0.05) is 30.3 Å². The van der Waals surface area contributed by atoms with Crippen LogP contribution in [0.5, 0.6) is 0 Å². The Morgan fingerprint density at radius 1 is 1.26 bits per heavy atom. The van der Waals surface area contributed by atoms with Crippen molar-refractivity contribution in [3.63, 3.8) is 0 Å². The normalized spacial score (nSPS) is 11.8. The molecule has 0 bridgehead atoms. The van der Waals surface area contributed by atoms with E-state index in [-0.39, 0.29) is 5.91 Å². The molecule has 1 atom stereocenters. The second-order valence-corrected chi connectivity index (χ2v) is 4.25. The summed E-state index contributed by atoms with van der Waals surface area (Å²) in [5.41, 5.74) is 13.6. The van der Waals surface area contributed by atoms with Crippen LogP contribution in [0.4, 0.5) is 11.4 Å². The van der Waals surface area contributed by atoms with E-state index in [1.807, 2.05) is 30.3 Å². The second-order valence-electron chi connectivity index (χ2n) is 4.25. The van der Waals surface area contributed by atoms with Crippen molar-refractivity contribution >= 4 is 17.3 Å². The van der Waals surface area contributed by atoms with Crippen molar-refractivity contribution in [3.8, 4) is 0 Å². The summed E-state index contributed by atoms with van der Waals surface area (Å²) in [6.45, 7) is 0. The standard InChI is InChI=1S/C14H16N4O/c15-11-6-7-17-9-13(11)18-14(19)12(16)8-10-4-2-1-3-5-10/h1-7,9,12H,8,16H2,(H2,15,17)(H,18,19). The summed E-state index contributed by atoms with van der Waals surface area (Å²) in [7, 11) is 0. The fourth-order valence-electron chi connectivity index (χ4n) is 1.70. The molecule has 2 aromatic rings. The maximum Gasteiger partial charge on any atom is 0.241 e. The lowest BCUT2D eigenvalue weighted by Crippen LogP contribution is -2.37. The first-order chi connectivity index (χ1) is 9.16. The van der Waals surface area contributed by atoms with Crippen LogP contribution in [0.2, 0.25) is 0 Å². The minimum absolute atomic E-state index is 0.274. The molecule has 5 N–H and O–H groups in total. The smallest absolute Gasteiger partial charge is 0.241 e. The van der Waals surface area contributed by atoms with Crippen LogP contribution in [-0.2, 0) is 11.2 Å². The largest absolute Gasteiger partial charge is 0.397 e. The lowest BCUT2D eigenvalue weighted by molar-refractivity contribution is -0.117. The number of nitrogen functional groups attached to an aromatic ring is 1. The Hall–Kier alpha value is -2.40. The van der Waals surface area contributed by atoms with E-state index in [9.17, 15) is 4.79 Å². The highest BCUT2D eigenvalue weighted by Crippen LogP contribution is 2.15. The van der Waals surface area contributed by atoms with Gasteiger partial charge in [-0.05, 0) is 18.1 Å². The quantitative estimate of drug-likeness (QED) is 0.765. The molecule has 1 amide bonds. The lowest BCUT2D eigenvalue weighted by Gasteiger charge is -2.13. The number of pyridine rings is 1. The van der Waals surface area contributed by atoms with Crippen molar-refractivity contribution in [2.24, 2.45) is 5.73 Å². The topological polar surface area (TPSA) is 94.0 Å². The highest BCUT2D eigenvalue weighted by Gasteiger charge is 2.15. The van der Waals surface area contributed by atoms with E-state index >= 15 is 0 Å². The van der Waals surface area contributed by atoms with Crippen molar-refractivity contribution in [2.75, 3.05) is 11.1 Å². The third kappa shape index (κ3) is 3.53. The first-order valence-corrected chi connectivity index (χ1v) is 5.96. The molecule has 1 aromatic carbocycles. The van der Waals surface area contributed by atoms with Gasteiger partial charge in [0.2, 0.25) is 5.91 Å². The Morgan fingerprint density at radius 2 is 2.00 bits per heavy atom. The van der Waals surface area contributed by atoms with Crippen LogP contribution in [0.15, 0.2) is 48.8 Å². The molecule has 0 spiro atoms. The number of nitrogens with one attached hydrogen (secondary N) is 1. The van der Waals surface area contributed by atoms with Gasteiger partial charge >= 0.3 is 0 Å². The minimum Gasteiger partial charge on any atom is -0.397 e. The molecule has 1 heterocycles. The Kier molecular flexibility index (Phi) is 4.10. The molecular formula is C14H16N4O. The molecular weight excluding hydrogens is 240 g/mol. The molecule has 19 heavy (non-hydrogen) atoms. The summed E-state index contributed by atoms with van der Waals surface area (Å²) >= 11 is 0. The van der Waals surface area contributed by atoms with Crippen LogP contribution in [0.25, 0.3) is 0 Å². The number of carbonyl (C=O) groups excluding carboxylic acids is 1. The number of hydrogen-bond acceptors (Lipinski definition) is 4. The lowest BCUT2D eigenvalue weighted by atomic mass is 10.1. The Labute approximate surface area is 111 Å². The average Bonchev–Trinajstić information content (AvgIpc) is 2.42. The van der Waals surface area contributed by atoms with Crippen LogP contribution < -0.4 is 16.8 Å². The van der Waals surface area contributed by atoms with Crippen LogP contribution in [-0.4, -0.2) is 16.9 Å². The van der Waals surface area contributed by atoms with Gasteiger partial charge in [0.25, 0.3) is 0 Å². The van der Waals surface area contributed by atoms with Gasteiger partial charge < -0.3 is 16.8 Å². The van der Waals surface area contributed by atoms with Gasteiger partial charge in [-0.15, -0.1) is 0 Å². The second kappa shape index (κ2) is 5.97. The summed E-state index contributed by atoms with van der Waals surface area (Å²) in [5.74, 6) is -0.274. The van der Waals surface area contributed by atoms with E-state index in [1.54, 1.807) is 12.3 Å². The number of carbonyl (C=O) groups is 1. The number of nitrogens with zero attached hydrogens (tertiary/aromatic N) is 1. The predicted molar refractivity (Wildman–Crippen MR) is 75.4 cm³/mol. The van der Waals surface area contributed by atoms with Gasteiger partial charge in [0, 0.05) is 6.20 Å². The van der Waals surface area contributed by atoms with Crippen LogP contribution >= 0.6 is 0 Å². The van der Waals surface area contributed by atoms with Gasteiger partial charge in [0.15, 0.2) is 0 Å². The third-order valence-electron chi connectivity index (χ3n) is 2.75. The van der Waals surface area contributed by atoms with E-state index in [0.29, 0.717) is 17.8 Å². The molecule has 5 heteroatoms. The van der Waals surface area contributed by atoms with Crippen LogP contribution in [0.1, 0.15) is 5.56 Å². The van der Waals surface area contributed by atoms with Crippen LogP contribution in [0.3, 0.4) is 0 Å². The van der Waals surface area contributed by atoms with Crippen molar-refractivity contribution in [1.82, 2.24) is 4.98 Å². The molecule has 5 nitrogen and oxygen atoms in total. The predicted octanol–water partition coefficient (Wildman–Crippen LogP) is 1.17. The molecule has 0 aliphatic carbocycles. The summed E-state index contributed by atoms with van der Waals surface area (Å²) in [5, 5.41) is 2.68. The number of nitrogens with two attached hydrogens (primary N) is 2. The van der Waals surface area contributed by atoms with Crippen molar-refractivity contribution in [2.45, 2.75) is 12.5 Å². The minimum atomic E-state index is -0.623. The fraction of sp³-hybridized carbons (Fsp3) is 0.143. The highest BCUT2D eigenvalue weighted by atomic mass is 16.2. The SMILES string of the molecule is Nc1ccncc1NC(=O)C(N)Cc1ccccc1. The molecule has 0 saturated carbocycles. The van der Waals surface area contributed by atoms with E-state index in [1.165, 1.54) is 6.20 Å². The molecule has 1 aromatic heterocycles. The van der Waals surface area contributed by atoms with E-state index in [4.69, 9.17) is 11.5 Å². The van der Waals surface area contributed by atoms with Gasteiger partial charge in [-0.25, -0.2) is 0 Å². The van der Waals surface area contributed by atoms with E-state index in [0.717, 1.165) is 5.56 Å². The molecule has 98 valence electrons. The number of aromatic nitrogens is 1. The maximum atomic E-state index is 11.9. The zero-order valence-corrected chi connectivity index (χ0v) is 10.4. The fourth-order valence-corrected chi connectivity index (χ4v) is 1.70. The molecule has 0 saturated heterocycles. The van der Waals surface area contributed by atoms with Crippen molar-refractivity contribution in [3.05, 3.63) is 54.4 Å². The molecule has 0 aliphatic heterocycles. The Bertz CT molecular complexity index is 556. The molecule has 0 radical (unpaired) electrons. The zero-order chi connectivity index (χ0) is 13.7. The summed E-state index contributed by atoms with van der Waals surface area (Å²) in [6.07, 6.45) is 3.55. The first-order valence-electron chi connectivity index (χ1n) is 5.96. The molecule has 0 fully saturated rings. The summed E-state index contributed by atoms with van der Waals surface area (Å²) in [6, 6.07) is 10.6. The van der Waals surface area contributed by atoms with Crippen LogP contribution in [0, 0.1) is 0 Å². The molecule has 0 aliphatic rings. The molecule has 1 unspecified atom stereocenters. The van der Waals surface area contributed by atoms with Gasteiger partial charge in [-0.2, -0.15) is 0 Å². The highest BCUT2D eigenvalue weighted by molar-refractivity contribution is 5.97. The van der Waals surface area contributed by atoms with Crippen molar-refractivity contribution < 1.29 is 4.79 Å². The number of hydrogen-bond donors (Lipinski definition) is 3. The third-order valence-corrected chi connectivity index (χ3v) is 2.75. The van der Waals surface area contributed by atoms with Gasteiger partial charge in [0.05, 0.1) is 23.6 Å². The zero-order valence-electron chi connectivity index (χ0n) is 10.4. The monoisotopic (exact) mass is 256 g/mol. The molecule has 2 rings (SSSR count). The van der Waals surface area contributed by atoms with Gasteiger partial charge in [-0.3, -0.25) is 9.78 Å². The maximum absolute atomic E-state index is 11.9. The number of benzene rings is 1. The number of amides is 1. The average molecular weight is 256 g/mol. The Balaban J connectivity index is 1.99. The first kappa shape index (κ1) is 13.0. The van der Waals surface area contributed by atoms with Gasteiger partial charge in [0.1, 0.15) is 0 Å². The summed E-state index contributed by atoms with van der Waals surface area (Å²) < 4.78 is 0. The van der Waals surface area contributed by atoms with E-state index < -0.39 is 6.04 Å².